The fraction of sp³-hybridized carbons (Fsp3) is 0.750. The van der Waals surface area contributed by atoms with Crippen molar-refractivity contribution in [1.29, 1.82) is 0 Å². The summed E-state index contributed by atoms with van der Waals surface area (Å²) in [7, 11) is 0. The summed E-state index contributed by atoms with van der Waals surface area (Å²) in [5.41, 5.74) is 2.04. The van der Waals surface area contributed by atoms with E-state index in [1.165, 1.54) is 32.1 Å². The van der Waals surface area contributed by atoms with Crippen LogP contribution in [0.1, 0.15) is 57.3 Å². The standard InChI is InChI=1S/C16H27N3/c1-12(2)14-5-4-6-15(8-7-14)19-11-16-10-17-13(3)9-18-16/h9-10,12,14-15,19H,4-8,11H2,1-3H3. The van der Waals surface area contributed by atoms with E-state index in [-0.39, 0.29) is 0 Å². The van der Waals surface area contributed by atoms with Crippen LogP contribution in [-0.2, 0) is 6.54 Å². The van der Waals surface area contributed by atoms with Crippen molar-refractivity contribution in [3.05, 3.63) is 23.8 Å². The Balaban J connectivity index is 1.78. The average molecular weight is 261 g/mol. The SMILES string of the molecule is Cc1cnc(CNC2CCCC(C(C)C)CC2)cn1. The highest BCUT2D eigenvalue weighted by Gasteiger charge is 2.20. The molecule has 2 rings (SSSR count). The summed E-state index contributed by atoms with van der Waals surface area (Å²) in [5, 5.41) is 3.65. The van der Waals surface area contributed by atoms with Gasteiger partial charge < -0.3 is 5.32 Å². The van der Waals surface area contributed by atoms with Crippen LogP contribution in [0.4, 0.5) is 0 Å². The Hall–Kier alpha value is -0.960. The summed E-state index contributed by atoms with van der Waals surface area (Å²) in [6.07, 6.45) is 10.5. The second-order valence-electron chi connectivity index (χ2n) is 6.24. The van der Waals surface area contributed by atoms with E-state index in [0.717, 1.165) is 29.8 Å². The third kappa shape index (κ3) is 4.57. The first-order valence-corrected chi connectivity index (χ1v) is 7.66. The van der Waals surface area contributed by atoms with Crippen molar-refractivity contribution in [3.8, 4) is 0 Å². The molecule has 0 saturated heterocycles. The van der Waals surface area contributed by atoms with Crippen LogP contribution in [0, 0.1) is 18.8 Å². The first kappa shape index (κ1) is 14.4. The molecule has 0 aliphatic heterocycles. The van der Waals surface area contributed by atoms with Crippen molar-refractivity contribution in [2.75, 3.05) is 0 Å². The molecule has 1 fully saturated rings. The number of aryl methyl sites for hydroxylation is 1. The molecule has 106 valence electrons. The monoisotopic (exact) mass is 261 g/mol. The van der Waals surface area contributed by atoms with Crippen molar-refractivity contribution in [3.63, 3.8) is 0 Å². The molecule has 0 bridgehead atoms. The lowest BCUT2D eigenvalue weighted by atomic mass is 9.89. The Kier molecular flexibility index (Phi) is 5.32. The lowest BCUT2D eigenvalue weighted by molar-refractivity contribution is 0.337. The van der Waals surface area contributed by atoms with Crippen molar-refractivity contribution in [1.82, 2.24) is 15.3 Å². The maximum atomic E-state index is 4.40. The molecular formula is C16H27N3. The summed E-state index contributed by atoms with van der Waals surface area (Å²) in [6, 6.07) is 0.659. The van der Waals surface area contributed by atoms with Crippen LogP contribution in [-0.4, -0.2) is 16.0 Å². The third-order valence-electron chi connectivity index (χ3n) is 4.36. The molecule has 19 heavy (non-hydrogen) atoms. The van der Waals surface area contributed by atoms with Crippen LogP contribution < -0.4 is 5.32 Å². The molecule has 1 saturated carbocycles. The summed E-state index contributed by atoms with van der Waals surface area (Å²) >= 11 is 0. The second-order valence-corrected chi connectivity index (χ2v) is 6.24. The second kappa shape index (κ2) is 6.99. The molecule has 0 aromatic carbocycles. The average Bonchev–Trinajstić information content (AvgIpc) is 2.63. The zero-order chi connectivity index (χ0) is 13.7. The van der Waals surface area contributed by atoms with Gasteiger partial charge in [-0.05, 0) is 38.0 Å². The van der Waals surface area contributed by atoms with Crippen LogP contribution in [0.2, 0.25) is 0 Å². The predicted octanol–water partition coefficient (Wildman–Crippen LogP) is 3.48. The maximum Gasteiger partial charge on any atom is 0.0724 e. The highest BCUT2D eigenvalue weighted by molar-refractivity contribution is 5.00. The van der Waals surface area contributed by atoms with Crippen LogP contribution in [0.15, 0.2) is 12.4 Å². The number of nitrogens with one attached hydrogen (secondary N) is 1. The van der Waals surface area contributed by atoms with Gasteiger partial charge in [-0.2, -0.15) is 0 Å². The molecule has 2 unspecified atom stereocenters. The fourth-order valence-electron chi connectivity index (χ4n) is 2.96. The largest absolute Gasteiger partial charge is 0.308 e. The molecule has 0 spiro atoms. The molecule has 1 aliphatic rings. The van der Waals surface area contributed by atoms with E-state index in [4.69, 9.17) is 0 Å². The summed E-state index contributed by atoms with van der Waals surface area (Å²) in [5.74, 6) is 1.76. The molecule has 1 heterocycles. The van der Waals surface area contributed by atoms with Crippen molar-refractivity contribution in [2.24, 2.45) is 11.8 Å². The zero-order valence-electron chi connectivity index (χ0n) is 12.5. The summed E-state index contributed by atoms with van der Waals surface area (Å²) in [6.45, 7) is 7.55. The lowest BCUT2D eigenvalue weighted by Gasteiger charge is -2.19. The summed E-state index contributed by atoms with van der Waals surface area (Å²) in [4.78, 5) is 8.70. The minimum absolute atomic E-state index is 0.659. The van der Waals surface area contributed by atoms with Gasteiger partial charge in [0.1, 0.15) is 0 Å². The lowest BCUT2D eigenvalue weighted by Crippen LogP contribution is -2.28. The van der Waals surface area contributed by atoms with Gasteiger partial charge in [-0.1, -0.05) is 26.7 Å². The molecule has 1 aliphatic carbocycles. The van der Waals surface area contributed by atoms with Gasteiger partial charge in [-0.25, -0.2) is 0 Å². The Morgan fingerprint density at radius 2 is 2.00 bits per heavy atom. The minimum Gasteiger partial charge on any atom is -0.308 e. The quantitative estimate of drug-likeness (QED) is 0.843. The molecule has 2 atom stereocenters. The number of aromatic nitrogens is 2. The van der Waals surface area contributed by atoms with Gasteiger partial charge in [-0.15, -0.1) is 0 Å². The van der Waals surface area contributed by atoms with Gasteiger partial charge in [-0.3, -0.25) is 9.97 Å². The normalized spacial score (nSPS) is 24.4. The van der Waals surface area contributed by atoms with Gasteiger partial charge in [0.05, 0.1) is 11.4 Å². The van der Waals surface area contributed by atoms with Gasteiger partial charge >= 0.3 is 0 Å². The molecule has 0 amide bonds. The van der Waals surface area contributed by atoms with Crippen molar-refractivity contribution in [2.45, 2.75) is 65.5 Å². The number of hydrogen-bond acceptors (Lipinski definition) is 3. The van der Waals surface area contributed by atoms with Crippen molar-refractivity contribution >= 4 is 0 Å². The molecule has 3 heteroatoms. The fourth-order valence-corrected chi connectivity index (χ4v) is 2.96. The Labute approximate surface area is 117 Å². The van der Waals surface area contributed by atoms with E-state index in [1.807, 2.05) is 19.3 Å². The van der Waals surface area contributed by atoms with E-state index >= 15 is 0 Å². The van der Waals surface area contributed by atoms with Crippen LogP contribution in [0.3, 0.4) is 0 Å². The Bertz CT molecular complexity index is 372. The van der Waals surface area contributed by atoms with Gasteiger partial charge in [0.25, 0.3) is 0 Å². The number of nitrogens with zero attached hydrogens (tertiary/aromatic N) is 2. The topological polar surface area (TPSA) is 37.8 Å². The van der Waals surface area contributed by atoms with Gasteiger partial charge in [0, 0.05) is 25.0 Å². The zero-order valence-corrected chi connectivity index (χ0v) is 12.5. The van der Waals surface area contributed by atoms with E-state index < -0.39 is 0 Å². The van der Waals surface area contributed by atoms with Crippen LogP contribution in [0.5, 0.6) is 0 Å². The Morgan fingerprint density at radius 3 is 2.68 bits per heavy atom. The maximum absolute atomic E-state index is 4.40. The molecular weight excluding hydrogens is 234 g/mol. The molecule has 0 radical (unpaired) electrons. The first-order valence-electron chi connectivity index (χ1n) is 7.66. The summed E-state index contributed by atoms with van der Waals surface area (Å²) < 4.78 is 0. The van der Waals surface area contributed by atoms with E-state index in [2.05, 4.69) is 29.1 Å². The molecule has 1 N–H and O–H groups in total. The van der Waals surface area contributed by atoms with Crippen molar-refractivity contribution < 1.29 is 0 Å². The predicted molar refractivity (Wildman–Crippen MR) is 78.8 cm³/mol. The third-order valence-corrected chi connectivity index (χ3v) is 4.36. The van der Waals surface area contributed by atoms with E-state index in [0.29, 0.717) is 6.04 Å². The Morgan fingerprint density at radius 1 is 1.16 bits per heavy atom. The van der Waals surface area contributed by atoms with Crippen LogP contribution >= 0.6 is 0 Å². The highest BCUT2D eigenvalue weighted by atomic mass is 14.9. The molecule has 1 aromatic heterocycles. The highest BCUT2D eigenvalue weighted by Crippen LogP contribution is 2.28. The molecule has 1 aromatic rings. The van der Waals surface area contributed by atoms with Gasteiger partial charge in [0.2, 0.25) is 0 Å². The van der Waals surface area contributed by atoms with Gasteiger partial charge in [0.15, 0.2) is 0 Å². The van der Waals surface area contributed by atoms with E-state index in [1.54, 1.807) is 0 Å². The first-order chi connectivity index (χ1) is 9.15. The minimum atomic E-state index is 0.659. The number of hydrogen-bond donors (Lipinski definition) is 1. The number of rotatable bonds is 4. The van der Waals surface area contributed by atoms with Crippen LogP contribution in [0.25, 0.3) is 0 Å². The smallest absolute Gasteiger partial charge is 0.0724 e. The molecule has 3 nitrogen and oxygen atoms in total. The van der Waals surface area contributed by atoms with E-state index in [9.17, 15) is 0 Å².